The highest BCUT2D eigenvalue weighted by Gasteiger charge is 2.45. The van der Waals surface area contributed by atoms with Gasteiger partial charge in [-0.25, -0.2) is 5.01 Å². The average Bonchev–Trinajstić information content (AvgIpc) is 3.08. The largest absolute Gasteiger partial charge is 0.497 e. The Balaban J connectivity index is 1.60. The molecule has 1 aliphatic heterocycles. The first kappa shape index (κ1) is 24.4. The summed E-state index contributed by atoms with van der Waals surface area (Å²) in [4.78, 5) is 40.5. The molecule has 1 saturated heterocycles. The number of hydrazine groups is 1. The standard InChI is InChI=1S/C25H21BrN4O4S/c1-34-20-12-10-19(11-13-20)29-24(33)21(15-22(31)27-18-9-5-8-17(26)14-18)30(25(29)35)28-23(32)16-6-3-2-4-7-16/h2-14,21H,15H2,1H3,(H,27,31)(H,28,32). The molecular weight excluding hydrogens is 532 g/mol. The number of nitrogens with one attached hydrogen (secondary N) is 2. The van der Waals surface area contributed by atoms with E-state index in [2.05, 4.69) is 26.7 Å². The topological polar surface area (TPSA) is 91.0 Å². The molecule has 1 aliphatic rings. The third-order valence-electron chi connectivity index (χ3n) is 5.29. The minimum Gasteiger partial charge on any atom is -0.497 e. The van der Waals surface area contributed by atoms with E-state index in [0.29, 0.717) is 22.7 Å². The summed E-state index contributed by atoms with van der Waals surface area (Å²) in [6, 6.07) is 21.4. The number of anilines is 2. The molecule has 0 aromatic heterocycles. The Morgan fingerprint density at radius 2 is 1.74 bits per heavy atom. The highest BCUT2D eigenvalue weighted by atomic mass is 79.9. The first-order valence-electron chi connectivity index (χ1n) is 10.6. The number of methoxy groups -OCH3 is 1. The molecule has 4 rings (SSSR count). The highest BCUT2D eigenvalue weighted by Crippen LogP contribution is 2.28. The molecule has 3 amide bonds. The predicted octanol–water partition coefficient (Wildman–Crippen LogP) is 4.13. The predicted molar refractivity (Wildman–Crippen MR) is 140 cm³/mol. The van der Waals surface area contributed by atoms with Gasteiger partial charge in [0, 0.05) is 15.7 Å². The van der Waals surface area contributed by atoms with Crippen LogP contribution >= 0.6 is 28.1 Å². The highest BCUT2D eigenvalue weighted by molar-refractivity contribution is 9.10. The molecule has 2 N–H and O–H groups in total. The van der Waals surface area contributed by atoms with Gasteiger partial charge < -0.3 is 10.1 Å². The maximum absolute atomic E-state index is 13.5. The number of carbonyl (C=O) groups is 3. The number of ether oxygens (including phenoxy) is 1. The minimum absolute atomic E-state index is 0.0599. The van der Waals surface area contributed by atoms with E-state index in [-0.39, 0.29) is 11.5 Å². The fourth-order valence-electron chi connectivity index (χ4n) is 3.59. The second kappa shape index (κ2) is 10.7. The lowest BCUT2D eigenvalue weighted by Gasteiger charge is -2.24. The molecule has 0 radical (unpaired) electrons. The maximum Gasteiger partial charge on any atom is 0.269 e. The minimum atomic E-state index is -1.04. The third-order valence-corrected chi connectivity index (χ3v) is 6.16. The van der Waals surface area contributed by atoms with Crippen molar-refractivity contribution in [1.29, 1.82) is 0 Å². The van der Waals surface area contributed by atoms with Crippen molar-refractivity contribution in [3.63, 3.8) is 0 Å². The number of carbonyl (C=O) groups excluding carboxylic acids is 3. The molecule has 0 bridgehead atoms. The van der Waals surface area contributed by atoms with Crippen LogP contribution in [0.4, 0.5) is 11.4 Å². The summed E-state index contributed by atoms with van der Waals surface area (Å²) in [7, 11) is 1.54. The van der Waals surface area contributed by atoms with Crippen LogP contribution in [0.2, 0.25) is 0 Å². The maximum atomic E-state index is 13.5. The lowest BCUT2D eigenvalue weighted by molar-refractivity contribution is -0.124. The summed E-state index contributed by atoms with van der Waals surface area (Å²) in [5, 5.41) is 4.12. The summed E-state index contributed by atoms with van der Waals surface area (Å²) < 4.78 is 5.99. The number of rotatable bonds is 7. The normalized spacial score (nSPS) is 15.2. The quantitative estimate of drug-likeness (QED) is 0.428. The van der Waals surface area contributed by atoms with Crippen molar-refractivity contribution in [2.75, 3.05) is 17.3 Å². The molecule has 3 aromatic carbocycles. The Hall–Kier alpha value is -3.76. The van der Waals surface area contributed by atoms with Gasteiger partial charge in [0.2, 0.25) is 11.0 Å². The zero-order valence-corrected chi connectivity index (χ0v) is 21.0. The Kier molecular flexibility index (Phi) is 7.42. The molecule has 178 valence electrons. The summed E-state index contributed by atoms with van der Waals surface area (Å²) in [6.45, 7) is 0. The van der Waals surface area contributed by atoms with E-state index < -0.39 is 23.8 Å². The molecule has 1 unspecified atom stereocenters. The van der Waals surface area contributed by atoms with Gasteiger partial charge in [-0.05, 0) is 66.8 Å². The lowest BCUT2D eigenvalue weighted by atomic mass is 10.1. The van der Waals surface area contributed by atoms with E-state index in [1.807, 2.05) is 6.07 Å². The van der Waals surface area contributed by atoms with Gasteiger partial charge in [0.1, 0.15) is 11.8 Å². The molecular formula is C25H21BrN4O4S. The summed E-state index contributed by atoms with van der Waals surface area (Å²) in [5.74, 6) is -0.669. The van der Waals surface area contributed by atoms with Gasteiger partial charge in [-0.2, -0.15) is 0 Å². The second-order valence-corrected chi connectivity index (χ2v) is 8.89. The first-order valence-corrected chi connectivity index (χ1v) is 11.8. The van der Waals surface area contributed by atoms with Crippen LogP contribution in [0.1, 0.15) is 16.8 Å². The molecule has 0 saturated carbocycles. The van der Waals surface area contributed by atoms with Crippen molar-refractivity contribution >= 4 is 62.4 Å². The second-order valence-electron chi connectivity index (χ2n) is 7.61. The molecule has 10 heteroatoms. The van der Waals surface area contributed by atoms with Crippen molar-refractivity contribution in [2.24, 2.45) is 0 Å². The van der Waals surface area contributed by atoms with E-state index in [4.69, 9.17) is 17.0 Å². The van der Waals surface area contributed by atoms with Gasteiger partial charge in [0.05, 0.1) is 19.2 Å². The van der Waals surface area contributed by atoms with Gasteiger partial charge in [-0.15, -0.1) is 0 Å². The van der Waals surface area contributed by atoms with Crippen molar-refractivity contribution in [1.82, 2.24) is 10.4 Å². The number of nitrogens with zero attached hydrogens (tertiary/aromatic N) is 2. The van der Waals surface area contributed by atoms with Crippen molar-refractivity contribution in [2.45, 2.75) is 12.5 Å². The zero-order chi connectivity index (χ0) is 24.9. The molecule has 0 spiro atoms. The van der Waals surface area contributed by atoms with E-state index in [9.17, 15) is 14.4 Å². The monoisotopic (exact) mass is 552 g/mol. The number of hydrogen-bond donors (Lipinski definition) is 2. The third kappa shape index (κ3) is 5.50. The fourth-order valence-corrected chi connectivity index (χ4v) is 4.35. The number of thiocarbonyl (C=S) groups is 1. The van der Waals surface area contributed by atoms with Crippen LogP contribution in [-0.4, -0.2) is 41.0 Å². The van der Waals surface area contributed by atoms with Crippen LogP contribution in [0.3, 0.4) is 0 Å². The Morgan fingerprint density at radius 3 is 2.40 bits per heavy atom. The molecule has 1 heterocycles. The van der Waals surface area contributed by atoms with Crippen LogP contribution in [0.5, 0.6) is 5.75 Å². The van der Waals surface area contributed by atoms with E-state index in [1.165, 1.54) is 9.91 Å². The van der Waals surface area contributed by atoms with Gasteiger partial charge >= 0.3 is 0 Å². The van der Waals surface area contributed by atoms with Crippen LogP contribution < -0.4 is 20.4 Å². The Bertz CT molecular complexity index is 1270. The first-order chi connectivity index (χ1) is 16.9. The smallest absolute Gasteiger partial charge is 0.269 e. The zero-order valence-electron chi connectivity index (χ0n) is 18.6. The Morgan fingerprint density at radius 1 is 1.03 bits per heavy atom. The van der Waals surface area contributed by atoms with E-state index >= 15 is 0 Å². The van der Waals surface area contributed by atoms with E-state index in [1.54, 1.807) is 79.9 Å². The number of hydrogen-bond acceptors (Lipinski definition) is 5. The number of benzene rings is 3. The van der Waals surface area contributed by atoms with Crippen molar-refractivity contribution in [3.8, 4) is 5.75 Å². The van der Waals surface area contributed by atoms with Crippen LogP contribution in [0.25, 0.3) is 0 Å². The Labute approximate surface area is 216 Å². The van der Waals surface area contributed by atoms with Crippen LogP contribution in [0, 0.1) is 0 Å². The van der Waals surface area contributed by atoms with Crippen molar-refractivity contribution in [3.05, 3.63) is 88.9 Å². The molecule has 1 atom stereocenters. The number of halogens is 1. The molecule has 3 aromatic rings. The van der Waals surface area contributed by atoms with E-state index in [0.717, 1.165) is 4.47 Å². The van der Waals surface area contributed by atoms with Crippen molar-refractivity contribution < 1.29 is 19.1 Å². The molecule has 1 fully saturated rings. The average molecular weight is 553 g/mol. The summed E-state index contributed by atoms with van der Waals surface area (Å²) in [6.07, 6.45) is -0.229. The molecule has 8 nitrogen and oxygen atoms in total. The van der Waals surface area contributed by atoms with Crippen LogP contribution in [0.15, 0.2) is 83.3 Å². The molecule has 35 heavy (non-hydrogen) atoms. The van der Waals surface area contributed by atoms with Gasteiger partial charge in [0.25, 0.3) is 11.8 Å². The van der Waals surface area contributed by atoms with Crippen LogP contribution in [-0.2, 0) is 9.59 Å². The number of amides is 3. The van der Waals surface area contributed by atoms with Gasteiger partial charge in [0.15, 0.2) is 0 Å². The SMILES string of the molecule is COc1ccc(N2C(=O)C(CC(=O)Nc3cccc(Br)c3)N(NC(=O)c3ccccc3)C2=S)cc1. The summed E-state index contributed by atoms with van der Waals surface area (Å²) >= 11 is 8.94. The van der Waals surface area contributed by atoms with Gasteiger partial charge in [-0.1, -0.05) is 40.2 Å². The lowest BCUT2D eigenvalue weighted by Crippen LogP contribution is -2.49. The summed E-state index contributed by atoms with van der Waals surface area (Å²) in [5.41, 5.74) is 4.16. The molecule has 0 aliphatic carbocycles. The fraction of sp³-hybridized carbons (Fsp3) is 0.120. The van der Waals surface area contributed by atoms with Gasteiger partial charge in [-0.3, -0.25) is 24.7 Å².